The lowest BCUT2D eigenvalue weighted by molar-refractivity contribution is -0.160. The maximum Gasteiger partial charge on any atom is 0.302 e. The van der Waals surface area contributed by atoms with Gasteiger partial charge in [0.2, 0.25) is 0 Å². The zero-order valence-electron chi connectivity index (χ0n) is 35.5. The number of carbonyl (C=O) groups is 2. The van der Waals surface area contributed by atoms with Gasteiger partial charge in [0, 0.05) is 92.6 Å². The number of methoxy groups -OCH3 is 1. The molecule has 59 heavy (non-hydrogen) atoms. The van der Waals surface area contributed by atoms with Crippen LogP contribution >= 0.6 is 0 Å². The van der Waals surface area contributed by atoms with Gasteiger partial charge in [-0.25, -0.2) is 0 Å². The van der Waals surface area contributed by atoms with E-state index in [1.54, 1.807) is 65.8 Å². The normalized spacial score (nSPS) is 33.3. The number of fused-ring (bicyclic) bond motifs is 1. The van der Waals surface area contributed by atoms with E-state index in [1.165, 1.54) is 27.2 Å². The highest BCUT2D eigenvalue weighted by Crippen LogP contribution is 2.62. The predicted molar refractivity (Wildman–Crippen MR) is 223 cm³/mol. The summed E-state index contributed by atoms with van der Waals surface area (Å²) in [6.07, 6.45) is 5.38. The average Bonchev–Trinajstić information content (AvgIpc) is 3.72. The topological polar surface area (TPSA) is 221 Å². The molecule has 0 saturated carbocycles. The third kappa shape index (κ3) is 7.83. The number of aromatic hydroxyl groups is 2. The number of esters is 1. The molecule has 16 nitrogen and oxygen atoms in total. The van der Waals surface area contributed by atoms with E-state index in [2.05, 4.69) is 26.0 Å². The lowest BCUT2D eigenvalue weighted by Gasteiger charge is -2.38. The summed E-state index contributed by atoms with van der Waals surface area (Å²) in [6.45, 7) is 14.5. The van der Waals surface area contributed by atoms with Gasteiger partial charge in [-0.05, 0) is 27.0 Å². The van der Waals surface area contributed by atoms with E-state index < -0.39 is 83.2 Å². The number of nitrogens with zero attached hydrogens (tertiary/aromatic N) is 2. The van der Waals surface area contributed by atoms with E-state index in [1.807, 2.05) is 7.05 Å². The number of carbonyl (C=O) groups excluding carboxylic acids is 2. The molecular weight excluding hydrogens is 762 g/mol. The number of allylic oxidation sites excluding steroid dienone is 2. The second-order valence-corrected chi connectivity index (χ2v) is 17.0. The highest BCUT2D eigenvalue weighted by atomic mass is 16.7. The molecule has 1 saturated heterocycles. The van der Waals surface area contributed by atoms with Crippen molar-refractivity contribution >= 4 is 39.7 Å². The highest BCUT2D eigenvalue weighted by Gasteiger charge is 2.53. The fraction of sp³-hybridized carbons (Fsp3) is 0.581. The Morgan fingerprint density at radius 2 is 1.61 bits per heavy atom. The number of hydrogen-bond donors (Lipinski definition) is 7. The Kier molecular flexibility index (Phi) is 12.3. The molecule has 0 aliphatic carbocycles. The third-order valence-corrected chi connectivity index (χ3v) is 12.9. The van der Waals surface area contributed by atoms with E-state index in [-0.39, 0.29) is 44.7 Å². The molecule has 4 aliphatic heterocycles. The van der Waals surface area contributed by atoms with Crippen molar-refractivity contribution < 1.29 is 49.0 Å². The molecule has 4 heterocycles. The molecule has 16 heteroatoms. The quantitative estimate of drug-likeness (QED) is 0.0826. The summed E-state index contributed by atoms with van der Waals surface area (Å²) in [5.74, 6) is -5.82. The largest absolute Gasteiger partial charge is 0.507 e. The van der Waals surface area contributed by atoms with Gasteiger partial charge in [-0.2, -0.15) is 0 Å². The molecule has 1 amide bonds. The van der Waals surface area contributed by atoms with Gasteiger partial charge in [-0.1, -0.05) is 51.1 Å². The number of nitrogens with one attached hydrogen (secondary N) is 3. The van der Waals surface area contributed by atoms with Crippen molar-refractivity contribution in [2.75, 3.05) is 43.2 Å². The van der Waals surface area contributed by atoms with E-state index in [4.69, 9.17) is 18.9 Å². The van der Waals surface area contributed by atoms with Gasteiger partial charge in [0.15, 0.2) is 11.8 Å². The summed E-state index contributed by atoms with van der Waals surface area (Å²) in [6, 6.07) is -1.33. The van der Waals surface area contributed by atoms with Crippen molar-refractivity contribution in [1.29, 1.82) is 0 Å². The Morgan fingerprint density at radius 3 is 2.24 bits per heavy atom. The van der Waals surface area contributed by atoms with Crippen LogP contribution in [0, 0.1) is 35.5 Å². The van der Waals surface area contributed by atoms with Crippen LogP contribution in [0.25, 0.3) is 10.8 Å². The van der Waals surface area contributed by atoms with Gasteiger partial charge in [-0.3, -0.25) is 9.59 Å². The molecular formula is C43H59N5O11. The molecule has 0 aromatic heterocycles. The minimum Gasteiger partial charge on any atom is -0.507 e. The monoisotopic (exact) mass is 821 g/mol. The number of phenolic OH excluding ortho intramolecular Hbond substituents is 2. The van der Waals surface area contributed by atoms with Crippen LogP contribution in [-0.4, -0.2) is 100 Å². The van der Waals surface area contributed by atoms with E-state index in [0.717, 1.165) is 13.1 Å². The van der Waals surface area contributed by atoms with Crippen molar-refractivity contribution in [3.8, 4) is 17.2 Å². The Morgan fingerprint density at radius 1 is 0.949 bits per heavy atom. The molecule has 1 fully saturated rings. The molecule has 1 spiro atoms. The number of aliphatic hydroxyl groups excluding tert-OH is 2. The molecule has 322 valence electrons. The maximum atomic E-state index is 13.9. The molecule has 7 N–H and O–H groups in total. The number of anilines is 3. The van der Waals surface area contributed by atoms with Gasteiger partial charge in [0.25, 0.3) is 11.7 Å². The zero-order chi connectivity index (χ0) is 43.3. The van der Waals surface area contributed by atoms with Crippen molar-refractivity contribution in [1.82, 2.24) is 4.90 Å². The third-order valence-electron chi connectivity index (χ3n) is 12.9. The number of likely N-dealkylation sites (tertiary alicyclic amines) is 1. The molecule has 0 radical (unpaired) electrons. The van der Waals surface area contributed by atoms with Crippen LogP contribution < -0.4 is 20.7 Å². The van der Waals surface area contributed by atoms with Crippen molar-refractivity contribution in [3.63, 3.8) is 0 Å². The maximum absolute atomic E-state index is 13.9. The second-order valence-electron chi connectivity index (χ2n) is 17.0. The Labute approximate surface area is 344 Å². The summed E-state index contributed by atoms with van der Waals surface area (Å²) < 4.78 is 24.3. The summed E-state index contributed by atoms with van der Waals surface area (Å²) >= 11 is 0. The first kappa shape index (κ1) is 43.7. The molecule has 2 aromatic rings. The van der Waals surface area contributed by atoms with E-state index in [9.17, 15) is 34.9 Å². The SMILES string of the molecule is COC1C=COC2(C)Oc3c(C)c(O)c4c(O)c(c5c(c4c3C2N=O)NC2(CCN(C)CC2)N5)NC(=O)/C(C)=C\C=CC(C)C(O)C(C)C(O)C(C)C(OC(C)=O)C1C. The van der Waals surface area contributed by atoms with Crippen molar-refractivity contribution in [2.45, 2.75) is 110 Å². The van der Waals surface area contributed by atoms with Crippen LogP contribution in [0.4, 0.5) is 17.1 Å². The van der Waals surface area contributed by atoms with Crippen molar-refractivity contribution in [2.24, 2.45) is 28.8 Å². The molecule has 10 atom stereocenters. The number of aliphatic hydroxyl groups is 2. The molecule has 4 aliphatic rings. The first-order valence-corrected chi connectivity index (χ1v) is 20.2. The average molecular weight is 822 g/mol. The second kappa shape index (κ2) is 16.6. The van der Waals surface area contributed by atoms with Crippen LogP contribution in [0.15, 0.2) is 41.3 Å². The molecule has 4 bridgehead atoms. The van der Waals surface area contributed by atoms with Gasteiger partial charge in [-0.15, -0.1) is 4.91 Å². The minimum atomic E-state index is -1.76. The number of hydrogen-bond acceptors (Lipinski definition) is 15. The van der Waals surface area contributed by atoms with Crippen LogP contribution in [0.1, 0.15) is 78.5 Å². The Balaban J connectivity index is 1.54. The minimum absolute atomic E-state index is 0.0133. The summed E-state index contributed by atoms with van der Waals surface area (Å²) in [4.78, 5) is 41.5. The van der Waals surface area contributed by atoms with E-state index in [0.29, 0.717) is 24.2 Å². The molecule has 2 aromatic carbocycles. The summed E-state index contributed by atoms with van der Waals surface area (Å²) in [7, 11) is 3.50. The lowest BCUT2D eigenvalue weighted by Crippen LogP contribution is -2.50. The van der Waals surface area contributed by atoms with Gasteiger partial charge in [0.1, 0.15) is 29.0 Å². The van der Waals surface area contributed by atoms with Gasteiger partial charge < -0.3 is 60.2 Å². The number of rotatable bonds is 3. The molecule has 6 rings (SSSR count). The van der Waals surface area contributed by atoms with Gasteiger partial charge in [0.05, 0.1) is 41.3 Å². The van der Waals surface area contributed by atoms with Crippen LogP contribution in [0.2, 0.25) is 0 Å². The van der Waals surface area contributed by atoms with Crippen molar-refractivity contribution in [3.05, 3.63) is 52.2 Å². The smallest absolute Gasteiger partial charge is 0.302 e. The standard InChI is InChI=1S/C43H59N5O11/c1-20-12-11-13-21(2)41(54)44-33-32-31(45-43(46-32)15-17-48(9)18-16-43)28-29(37(33)53)36(52)25(6)39-30(28)40(47-55)42(8,59-39)57-19-14-27(56-10)22(3)38(58-26(7)49)24(5)35(51)23(4)34(20)50/h11-14,19-20,22-24,27,34-35,38,40,45-46,50-53H,15-18H2,1-10H3,(H,44,54)/b12-11?,19-14?,21-13-. The van der Waals surface area contributed by atoms with Crippen LogP contribution in [-0.2, 0) is 23.8 Å². The van der Waals surface area contributed by atoms with Crippen LogP contribution in [0.5, 0.6) is 17.2 Å². The first-order chi connectivity index (χ1) is 27.8. The number of piperidine rings is 1. The van der Waals surface area contributed by atoms with E-state index >= 15 is 0 Å². The molecule has 10 unspecified atom stereocenters. The van der Waals surface area contributed by atoms with Crippen LogP contribution in [0.3, 0.4) is 0 Å². The number of amides is 1. The Bertz CT molecular complexity index is 2080. The lowest BCUT2D eigenvalue weighted by atomic mass is 9.78. The number of ether oxygens (including phenoxy) is 4. The fourth-order valence-electron chi connectivity index (χ4n) is 9.05. The Hall–Kier alpha value is -4.90. The first-order valence-electron chi connectivity index (χ1n) is 20.2. The highest BCUT2D eigenvalue weighted by molar-refractivity contribution is 6.19. The number of benzene rings is 2. The summed E-state index contributed by atoms with van der Waals surface area (Å²) in [5.41, 5.74) is 0.907. The van der Waals surface area contributed by atoms with Gasteiger partial charge >= 0.3 is 5.97 Å². The zero-order valence-corrected chi connectivity index (χ0v) is 35.5. The number of phenols is 2. The fourth-order valence-corrected chi connectivity index (χ4v) is 9.05. The predicted octanol–water partition coefficient (Wildman–Crippen LogP) is 5.93. The summed E-state index contributed by atoms with van der Waals surface area (Å²) in [5, 5.41) is 60.7. The number of nitroso groups, excluding NO2 is 1.